The summed E-state index contributed by atoms with van der Waals surface area (Å²) >= 11 is 8.84. The van der Waals surface area contributed by atoms with Crippen molar-refractivity contribution in [2.45, 2.75) is 16.7 Å². The average molecular weight is 355 g/mol. The lowest BCUT2D eigenvalue weighted by atomic mass is 10.2. The summed E-state index contributed by atoms with van der Waals surface area (Å²) in [4.78, 5) is 0. The number of hydrogen-bond donors (Lipinski definition) is 0. The molecule has 0 unspecified atom stereocenters. The topological polar surface area (TPSA) is 77.8 Å². The molecule has 0 aliphatic heterocycles. The van der Waals surface area contributed by atoms with Crippen LogP contribution < -0.4 is 0 Å². The molecule has 2 heterocycles. The molecule has 6 nitrogen and oxygen atoms in total. The highest BCUT2D eigenvalue weighted by atomic mass is 35.5. The van der Waals surface area contributed by atoms with Gasteiger partial charge in [0, 0.05) is 10.6 Å². The first-order valence-electron chi connectivity index (χ1n) is 6.27. The summed E-state index contributed by atoms with van der Waals surface area (Å²) in [6.07, 6.45) is 1.98. The third-order valence-electron chi connectivity index (χ3n) is 2.59. The Balaban J connectivity index is 1.62. The predicted octanol–water partition coefficient (Wildman–Crippen LogP) is 3.93. The van der Waals surface area contributed by atoms with Crippen molar-refractivity contribution in [3.05, 3.63) is 41.1 Å². The molecule has 1 aromatic carbocycles. The summed E-state index contributed by atoms with van der Waals surface area (Å²) in [5, 5.41) is 17.1. The monoisotopic (exact) mass is 354 g/mol. The van der Waals surface area contributed by atoms with E-state index >= 15 is 0 Å². The SMILES string of the molecule is CSCc1nnc(SCc2nnc(-c3ccc(Cl)cc3)o2)o1. The second-order valence-electron chi connectivity index (χ2n) is 4.19. The van der Waals surface area contributed by atoms with Gasteiger partial charge in [-0.1, -0.05) is 23.4 Å². The van der Waals surface area contributed by atoms with Crippen molar-refractivity contribution < 1.29 is 8.83 Å². The van der Waals surface area contributed by atoms with Crippen molar-refractivity contribution in [1.29, 1.82) is 0 Å². The molecular weight excluding hydrogens is 344 g/mol. The van der Waals surface area contributed by atoms with Gasteiger partial charge in [0.15, 0.2) is 0 Å². The van der Waals surface area contributed by atoms with Gasteiger partial charge in [0.1, 0.15) is 0 Å². The van der Waals surface area contributed by atoms with Gasteiger partial charge in [-0.05, 0) is 30.5 Å². The van der Waals surface area contributed by atoms with E-state index in [0.29, 0.717) is 39.4 Å². The zero-order valence-electron chi connectivity index (χ0n) is 11.5. The first-order valence-corrected chi connectivity index (χ1v) is 9.03. The maximum absolute atomic E-state index is 5.85. The molecule has 0 N–H and O–H groups in total. The number of hydrogen-bond acceptors (Lipinski definition) is 8. The molecule has 0 bridgehead atoms. The largest absolute Gasteiger partial charge is 0.420 e. The summed E-state index contributed by atoms with van der Waals surface area (Å²) < 4.78 is 11.1. The number of halogens is 1. The van der Waals surface area contributed by atoms with E-state index in [1.807, 2.05) is 18.4 Å². The summed E-state index contributed by atoms with van der Waals surface area (Å²) in [7, 11) is 0. The van der Waals surface area contributed by atoms with Gasteiger partial charge < -0.3 is 8.83 Å². The van der Waals surface area contributed by atoms with Crippen LogP contribution in [0.2, 0.25) is 5.02 Å². The van der Waals surface area contributed by atoms with Crippen molar-refractivity contribution in [3.63, 3.8) is 0 Å². The molecule has 0 radical (unpaired) electrons. The molecule has 0 aliphatic carbocycles. The Morgan fingerprint density at radius 1 is 0.955 bits per heavy atom. The Morgan fingerprint density at radius 2 is 1.68 bits per heavy atom. The number of nitrogens with zero attached hydrogens (tertiary/aromatic N) is 4. The Kier molecular flexibility index (Phi) is 5.01. The lowest BCUT2D eigenvalue weighted by molar-refractivity contribution is 0.426. The second-order valence-corrected chi connectivity index (χ2v) is 6.42. The van der Waals surface area contributed by atoms with Crippen molar-refractivity contribution in [2.75, 3.05) is 6.26 Å². The minimum Gasteiger partial charge on any atom is -0.420 e. The molecule has 0 saturated heterocycles. The van der Waals surface area contributed by atoms with E-state index in [4.69, 9.17) is 20.4 Å². The quantitative estimate of drug-likeness (QED) is 0.616. The Bertz CT molecular complexity index is 745. The van der Waals surface area contributed by atoms with Gasteiger partial charge in [-0.15, -0.1) is 20.4 Å². The van der Waals surface area contributed by atoms with Crippen molar-refractivity contribution in [3.8, 4) is 11.5 Å². The molecule has 0 atom stereocenters. The molecule has 3 rings (SSSR count). The maximum Gasteiger partial charge on any atom is 0.277 e. The van der Waals surface area contributed by atoms with Crippen LogP contribution in [0.15, 0.2) is 38.3 Å². The molecule has 0 amide bonds. The van der Waals surface area contributed by atoms with Crippen LogP contribution in [0.25, 0.3) is 11.5 Å². The third kappa shape index (κ3) is 3.82. The zero-order chi connectivity index (χ0) is 15.4. The highest BCUT2D eigenvalue weighted by Gasteiger charge is 2.11. The molecule has 9 heteroatoms. The maximum atomic E-state index is 5.85. The average Bonchev–Trinajstić information content (AvgIpc) is 3.16. The Morgan fingerprint density at radius 3 is 2.45 bits per heavy atom. The number of rotatable bonds is 6. The normalized spacial score (nSPS) is 11.0. The van der Waals surface area contributed by atoms with Crippen LogP contribution in [-0.4, -0.2) is 26.7 Å². The minimum atomic E-state index is 0.459. The molecule has 22 heavy (non-hydrogen) atoms. The number of aromatic nitrogens is 4. The molecule has 0 saturated carbocycles. The molecule has 2 aromatic heterocycles. The molecule has 0 aliphatic rings. The third-order valence-corrected chi connectivity index (χ3v) is 4.18. The fourth-order valence-electron chi connectivity index (χ4n) is 1.62. The van der Waals surface area contributed by atoms with Crippen LogP contribution in [0.3, 0.4) is 0 Å². The summed E-state index contributed by atoms with van der Waals surface area (Å²) in [6, 6.07) is 7.22. The van der Waals surface area contributed by atoms with Crippen molar-refractivity contribution in [2.24, 2.45) is 0 Å². The number of thioether (sulfide) groups is 2. The van der Waals surface area contributed by atoms with E-state index in [2.05, 4.69) is 20.4 Å². The van der Waals surface area contributed by atoms with Gasteiger partial charge in [-0.3, -0.25) is 0 Å². The van der Waals surface area contributed by atoms with E-state index in [0.717, 1.165) is 5.56 Å². The molecule has 3 aromatic rings. The van der Waals surface area contributed by atoms with E-state index in [1.54, 1.807) is 23.9 Å². The smallest absolute Gasteiger partial charge is 0.277 e. The summed E-state index contributed by atoms with van der Waals surface area (Å²) in [5.74, 6) is 2.75. The zero-order valence-corrected chi connectivity index (χ0v) is 13.9. The van der Waals surface area contributed by atoms with Gasteiger partial charge in [0.2, 0.25) is 17.7 Å². The molecule has 0 fully saturated rings. The van der Waals surface area contributed by atoms with E-state index in [1.165, 1.54) is 11.8 Å². The van der Waals surface area contributed by atoms with Crippen LogP contribution in [0.1, 0.15) is 11.8 Å². The second kappa shape index (κ2) is 7.17. The van der Waals surface area contributed by atoms with Crippen molar-refractivity contribution >= 4 is 35.1 Å². The van der Waals surface area contributed by atoms with Crippen LogP contribution in [0.5, 0.6) is 0 Å². The first-order chi connectivity index (χ1) is 10.7. The van der Waals surface area contributed by atoms with Crippen LogP contribution in [0.4, 0.5) is 0 Å². The molecule has 114 valence electrons. The van der Waals surface area contributed by atoms with E-state index in [-0.39, 0.29) is 0 Å². The van der Waals surface area contributed by atoms with Crippen LogP contribution in [0, 0.1) is 0 Å². The lowest BCUT2D eigenvalue weighted by Gasteiger charge is -1.94. The number of benzene rings is 1. The highest BCUT2D eigenvalue weighted by molar-refractivity contribution is 7.98. The van der Waals surface area contributed by atoms with Gasteiger partial charge in [-0.2, -0.15) is 11.8 Å². The van der Waals surface area contributed by atoms with Gasteiger partial charge >= 0.3 is 0 Å². The van der Waals surface area contributed by atoms with Gasteiger partial charge in [0.05, 0.1) is 11.5 Å². The predicted molar refractivity (Wildman–Crippen MR) is 85.8 cm³/mol. The molecular formula is C13H11ClN4O2S2. The fraction of sp³-hybridized carbons (Fsp3) is 0.231. The first kappa shape index (κ1) is 15.4. The van der Waals surface area contributed by atoms with Crippen LogP contribution >= 0.6 is 35.1 Å². The Hall–Kier alpha value is -1.51. The van der Waals surface area contributed by atoms with Crippen molar-refractivity contribution in [1.82, 2.24) is 20.4 Å². The minimum absolute atomic E-state index is 0.459. The molecule has 0 spiro atoms. The Labute approximate surface area is 140 Å². The lowest BCUT2D eigenvalue weighted by Crippen LogP contribution is -1.80. The fourth-order valence-corrected chi connectivity index (χ4v) is 2.73. The highest BCUT2D eigenvalue weighted by Crippen LogP contribution is 2.25. The standard InChI is InChI=1S/C13H11ClN4O2S2/c1-21-6-10-16-18-13(20-10)22-7-11-15-17-12(19-11)8-2-4-9(14)5-3-8/h2-5H,6-7H2,1H3. The summed E-state index contributed by atoms with van der Waals surface area (Å²) in [5.41, 5.74) is 0.827. The van der Waals surface area contributed by atoms with E-state index in [9.17, 15) is 0 Å². The summed E-state index contributed by atoms with van der Waals surface area (Å²) in [6.45, 7) is 0. The van der Waals surface area contributed by atoms with E-state index < -0.39 is 0 Å². The van der Waals surface area contributed by atoms with Gasteiger partial charge in [-0.25, -0.2) is 0 Å². The van der Waals surface area contributed by atoms with Gasteiger partial charge in [0.25, 0.3) is 5.22 Å². The van der Waals surface area contributed by atoms with Crippen LogP contribution in [-0.2, 0) is 11.5 Å².